The summed E-state index contributed by atoms with van der Waals surface area (Å²) in [7, 11) is 8.37. The number of hydrogen-bond donors (Lipinski definition) is 1. The molecule has 9 nitrogen and oxygen atoms in total. The Bertz CT molecular complexity index is 1330. The molecule has 0 radical (unpaired) electrons. The van der Waals surface area contributed by atoms with Gasteiger partial charge in [0, 0.05) is 76.6 Å². The predicted molar refractivity (Wildman–Crippen MR) is 172 cm³/mol. The van der Waals surface area contributed by atoms with Crippen LogP contribution in [0.15, 0.2) is 91.4 Å². The van der Waals surface area contributed by atoms with Crippen molar-refractivity contribution >= 4 is 11.6 Å². The quantitative estimate of drug-likeness (QED) is 0.211. The molecule has 3 aromatic heterocycles. The number of nitrogens with one attached hydrogen (secondary N) is 1. The van der Waals surface area contributed by atoms with E-state index in [1.807, 2.05) is 79.1 Å². The summed E-state index contributed by atoms with van der Waals surface area (Å²) in [4.78, 5) is 36.0. The molecule has 4 aromatic rings. The van der Waals surface area contributed by atoms with Crippen molar-refractivity contribution in [2.75, 3.05) is 59.7 Å². The highest BCUT2D eigenvalue weighted by molar-refractivity contribution is 6.04. The number of likely N-dealkylation sites (N-methyl/N-ethyl adjacent to an activating group) is 2. The second-order valence-electron chi connectivity index (χ2n) is 11.3. The first kappa shape index (κ1) is 31.9. The van der Waals surface area contributed by atoms with Crippen LogP contribution in [0.3, 0.4) is 0 Å². The van der Waals surface area contributed by atoms with E-state index in [9.17, 15) is 4.79 Å². The van der Waals surface area contributed by atoms with E-state index in [4.69, 9.17) is 0 Å². The Morgan fingerprint density at radius 3 is 1.67 bits per heavy atom. The van der Waals surface area contributed by atoms with Crippen molar-refractivity contribution in [1.29, 1.82) is 0 Å². The Hall–Kier alpha value is -4.02. The Labute approximate surface area is 256 Å². The first-order valence-electron chi connectivity index (χ1n) is 14.7. The van der Waals surface area contributed by atoms with E-state index in [1.54, 1.807) is 6.20 Å². The van der Waals surface area contributed by atoms with Crippen LogP contribution in [0.5, 0.6) is 0 Å². The lowest BCUT2D eigenvalue weighted by atomic mass is 10.1. The van der Waals surface area contributed by atoms with Crippen LogP contribution in [-0.2, 0) is 26.2 Å². The standard InChI is InChI=1S/C34H44N8O/c1-39(2)19-21-41(22-20-40(3)4)24-29-11-5-6-14-33(29)38-34(43)28-15-16-32(37-23-28)27-42(25-30-12-7-9-17-35-30)26-31-13-8-10-18-36-31/h5-18,23H,19-22,24-27H2,1-4H3,(H,38,43). The fourth-order valence-electron chi connectivity index (χ4n) is 4.66. The fourth-order valence-corrected chi connectivity index (χ4v) is 4.66. The average molecular weight is 581 g/mol. The third kappa shape index (κ3) is 11.0. The number of hydrogen-bond acceptors (Lipinski definition) is 8. The fraction of sp³-hybridized carbons (Fsp3) is 0.353. The van der Waals surface area contributed by atoms with Gasteiger partial charge in [-0.1, -0.05) is 30.3 Å². The molecule has 0 saturated carbocycles. The molecule has 1 N–H and O–H groups in total. The van der Waals surface area contributed by atoms with Crippen LogP contribution in [0.2, 0.25) is 0 Å². The van der Waals surface area contributed by atoms with Crippen LogP contribution in [0.4, 0.5) is 5.69 Å². The molecular weight excluding hydrogens is 536 g/mol. The molecule has 9 heteroatoms. The summed E-state index contributed by atoms with van der Waals surface area (Å²) in [5.74, 6) is -0.168. The Morgan fingerprint density at radius 2 is 1.16 bits per heavy atom. The lowest BCUT2D eigenvalue weighted by Crippen LogP contribution is -2.36. The van der Waals surface area contributed by atoms with Crippen LogP contribution in [0, 0.1) is 0 Å². The Kier molecular flexibility index (Phi) is 12.3. The number of anilines is 1. The smallest absolute Gasteiger partial charge is 0.257 e. The molecule has 0 aliphatic heterocycles. The number of rotatable bonds is 16. The first-order chi connectivity index (χ1) is 20.9. The van der Waals surface area contributed by atoms with Crippen molar-refractivity contribution in [3.8, 4) is 0 Å². The second kappa shape index (κ2) is 16.6. The molecule has 3 heterocycles. The summed E-state index contributed by atoms with van der Waals surface area (Å²) in [5.41, 5.74) is 5.29. The zero-order chi connectivity index (χ0) is 30.4. The van der Waals surface area contributed by atoms with Crippen molar-refractivity contribution < 1.29 is 4.79 Å². The number of carbonyl (C=O) groups is 1. The zero-order valence-corrected chi connectivity index (χ0v) is 25.9. The molecule has 43 heavy (non-hydrogen) atoms. The number of benzene rings is 1. The second-order valence-corrected chi connectivity index (χ2v) is 11.3. The molecule has 0 aliphatic rings. The minimum Gasteiger partial charge on any atom is -0.322 e. The summed E-state index contributed by atoms with van der Waals surface area (Å²) >= 11 is 0. The van der Waals surface area contributed by atoms with Crippen LogP contribution in [0.1, 0.15) is 33.0 Å². The monoisotopic (exact) mass is 580 g/mol. The molecule has 1 amide bonds. The summed E-state index contributed by atoms with van der Waals surface area (Å²) in [6.07, 6.45) is 5.28. The third-order valence-corrected chi connectivity index (χ3v) is 7.08. The van der Waals surface area contributed by atoms with Crippen LogP contribution in [0.25, 0.3) is 0 Å². The first-order valence-corrected chi connectivity index (χ1v) is 14.7. The summed E-state index contributed by atoms with van der Waals surface area (Å²) in [5, 5.41) is 3.13. The van der Waals surface area contributed by atoms with Crippen molar-refractivity contribution in [2.45, 2.75) is 26.2 Å². The molecular formula is C34H44N8O. The largest absolute Gasteiger partial charge is 0.322 e. The summed E-state index contributed by atoms with van der Waals surface area (Å²) < 4.78 is 0. The predicted octanol–water partition coefficient (Wildman–Crippen LogP) is 4.25. The highest BCUT2D eigenvalue weighted by Crippen LogP contribution is 2.19. The van der Waals surface area contributed by atoms with Crippen LogP contribution in [-0.4, -0.2) is 94.8 Å². The van der Waals surface area contributed by atoms with Gasteiger partial charge in [0.2, 0.25) is 0 Å². The maximum absolute atomic E-state index is 13.3. The molecule has 0 spiro atoms. The van der Waals surface area contributed by atoms with Gasteiger partial charge >= 0.3 is 0 Å². The van der Waals surface area contributed by atoms with Crippen LogP contribution >= 0.6 is 0 Å². The van der Waals surface area contributed by atoms with Gasteiger partial charge in [-0.2, -0.15) is 0 Å². The summed E-state index contributed by atoms with van der Waals surface area (Å²) in [6, 6.07) is 23.7. The molecule has 0 unspecified atom stereocenters. The third-order valence-electron chi connectivity index (χ3n) is 7.08. The van der Waals surface area contributed by atoms with Crippen LogP contribution < -0.4 is 5.32 Å². The Morgan fingerprint density at radius 1 is 0.605 bits per heavy atom. The number of amides is 1. The average Bonchev–Trinajstić information content (AvgIpc) is 3.00. The zero-order valence-electron chi connectivity index (χ0n) is 25.9. The van der Waals surface area contributed by atoms with E-state index in [0.717, 1.165) is 61.1 Å². The van der Waals surface area contributed by atoms with Gasteiger partial charge < -0.3 is 15.1 Å². The number of nitrogens with zero attached hydrogens (tertiary/aromatic N) is 7. The molecule has 226 valence electrons. The molecule has 0 fully saturated rings. The van der Waals surface area contributed by atoms with Gasteiger partial charge in [0.25, 0.3) is 5.91 Å². The SMILES string of the molecule is CN(C)CCN(CCN(C)C)Cc1ccccc1NC(=O)c1ccc(CN(Cc2ccccn2)Cc2ccccn2)nc1. The minimum absolute atomic E-state index is 0.168. The van der Waals surface area contributed by atoms with Crippen molar-refractivity contribution in [1.82, 2.24) is 34.6 Å². The van der Waals surface area contributed by atoms with Gasteiger partial charge in [-0.15, -0.1) is 0 Å². The van der Waals surface area contributed by atoms with Gasteiger partial charge in [0.1, 0.15) is 0 Å². The number of para-hydroxylation sites is 1. The molecule has 0 aliphatic carbocycles. The van der Waals surface area contributed by atoms with Gasteiger partial charge in [-0.25, -0.2) is 0 Å². The number of pyridine rings is 3. The number of carbonyl (C=O) groups excluding carboxylic acids is 1. The Balaban J connectivity index is 1.42. The maximum Gasteiger partial charge on any atom is 0.257 e. The van der Waals surface area contributed by atoms with E-state index >= 15 is 0 Å². The number of aromatic nitrogens is 3. The maximum atomic E-state index is 13.3. The molecule has 0 saturated heterocycles. The van der Waals surface area contributed by atoms with Gasteiger partial charge in [-0.3, -0.25) is 29.5 Å². The highest BCUT2D eigenvalue weighted by Gasteiger charge is 2.15. The topological polar surface area (TPSA) is 80.7 Å². The molecule has 1 aromatic carbocycles. The van der Waals surface area contributed by atoms with E-state index in [2.05, 4.69) is 74.1 Å². The van der Waals surface area contributed by atoms with E-state index in [-0.39, 0.29) is 5.91 Å². The molecule has 0 atom stereocenters. The highest BCUT2D eigenvalue weighted by atomic mass is 16.1. The van der Waals surface area contributed by atoms with Gasteiger partial charge in [0.05, 0.1) is 22.6 Å². The summed E-state index contributed by atoms with van der Waals surface area (Å²) in [6.45, 7) is 6.54. The van der Waals surface area contributed by atoms with Crippen molar-refractivity contribution in [3.05, 3.63) is 120 Å². The van der Waals surface area contributed by atoms with E-state index < -0.39 is 0 Å². The lowest BCUT2D eigenvalue weighted by Gasteiger charge is -2.26. The lowest BCUT2D eigenvalue weighted by molar-refractivity contribution is 0.102. The van der Waals surface area contributed by atoms with Gasteiger partial charge in [-0.05, 0) is 76.2 Å². The molecule has 4 rings (SSSR count). The van der Waals surface area contributed by atoms with E-state index in [0.29, 0.717) is 25.2 Å². The minimum atomic E-state index is -0.168. The normalized spacial score (nSPS) is 11.5. The van der Waals surface area contributed by atoms with Crippen molar-refractivity contribution in [3.63, 3.8) is 0 Å². The van der Waals surface area contributed by atoms with E-state index in [1.165, 1.54) is 0 Å². The van der Waals surface area contributed by atoms with Gasteiger partial charge in [0.15, 0.2) is 0 Å². The van der Waals surface area contributed by atoms with Crippen molar-refractivity contribution in [2.24, 2.45) is 0 Å². The molecule has 0 bridgehead atoms.